The van der Waals surface area contributed by atoms with Crippen LogP contribution in [-0.2, 0) is 14.3 Å². The van der Waals surface area contributed by atoms with E-state index in [4.69, 9.17) is 15.2 Å². The highest BCUT2D eigenvalue weighted by Crippen LogP contribution is 2.11. The third-order valence-corrected chi connectivity index (χ3v) is 3.60. The van der Waals surface area contributed by atoms with Gasteiger partial charge in [0.2, 0.25) is 5.91 Å². The first-order valence-electron chi connectivity index (χ1n) is 7.52. The van der Waals surface area contributed by atoms with E-state index in [2.05, 4.69) is 5.32 Å². The lowest BCUT2D eigenvalue weighted by Gasteiger charge is -2.22. The van der Waals surface area contributed by atoms with E-state index < -0.39 is 0 Å². The SMILES string of the molecule is Cl.NC(CNC(=O)CCOC1CCOCC1)c1ccccc1. The molecule has 1 unspecified atom stereocenters. The van der Waals surface area contributed by atoms with Crippen LogP contribution in [0.25, 0.3) is 0 Å². The van der Waals surface area contributed by atoms with Crippen LogP contribution in [0.15, 0.2) is 30.3 Å². The normalized spacial score (nSPS) is 16.6. The fraction of sp³-hybridized carbons (Fsp3) is 0.562. The zero-order valence-corrected chi connectivity index (χ0v) is 13.5. The molecular formula is C16H25ClN2O3. The zero-order chi connectivity index (χ0) is 14.9. The molecule has 1 aromatic rings. The van der Waals surface area contributed by atoms with Gasteiger partial charge >= 0.3 is 0 Å². The fourth-order valence-electron chi connectivity index (χ4n) is 2.29. The number of ether oxygens (including phenoxy) is 2. The summed E-state index contributed by atoms with van der Waals surface area (Å²) >= 11 is 0. The van der Waals surface area contributed by atoms with Gasteiger partial charge in [0, 0.05) is 32.2 Å². The molecule has 0 aromatic heterocycles. The van der Waals surface area contributed by atoms with E-state index in [0.29, 0.717) is 19.6 Å². The lowest BCUT2D eigenvalue weighted by atomic mass is 10.1. The number of amides is 1. The number of nitrogens with two attached hydrogens (primary N) is 1. The predicted molar refractivity (Wildman–Crippen MR) is 88.0 cm³/mol. The maximum absolute atomic E-state index is 11.7. The molecule has 1 heterocycles. The minimum Gasteiger partial charge on any atom is -0.381 e. The molecule has 1 aliphatic rings. The van der Waals surface area contributed by atoms with Crippen LogP contribution in [0, 0.1) is 0 Å². The second kappa shape index (κ2) is 10.6. The van der Waals surface area contributed by atoms with Crippen molar-refractivity contribution in [2.24, 2.45) is 5.73 Å². The molecular weight excluding hydrogens is 304 g/mol. The summed E-state index contributed by atoms with van der Waals surface area (Å²) in [6, 6.07) is 9.59. The second-order valence-corrected chi connectivity index (χ2v) is 5.25. The third-order valence-electron chi connectivity index (χ3n) is 3.60. The van der Waals surface area contributed by atoms with Crippen molar-refractivity contribution in [3.8, 4) is 0 Å². The van der Waals surface area contributed by atoms with Gasteiger partial charge < -0.3 is 20.5 Å². The highest BCUT2D eigenvalue weighted by Gasteiger charge is 2.14. The van der Waals surface area contributed by atoms with Crippen LogP contribution < -0.4 is 11.1 Å². The predicted octanol–water partition coefficient (Wildman–Crippen LogP) is 1.81. The molecule has 1 fully saturated rings. The maximum atomic E-state index is 11.7. The summed E-state index contributed by atoms with van der Waals surface area (Å²) in [6.45, 7) is 2.41. The number of halogens is 1. The maximum Gasteiger partial charge on any atom is 0.222 e. The van der Waals surface area contributed by atoms with Crippen molar-refractivity contribution in [3.63, 3.8) is 0 Å². The summed E-state index contributed by atoms with van der Waals surface area (Å²) in [5.41, 5.74) is 7.05. The van der Waals surface area contributed by atoms with Crippen molar-refractivity contribution < 1.29 is 14.3 Å². The first-order chi connectivity index (χ1) is 10.3. The van der Waals surface area contributed by atoms with Gasteiger partial charge in [0.05, 0.1) is 12.7 Å². The molecule has 0 aliphatic carbocycles. The largest absolute Gasteiger partial charge is 0.381 e. The standard InChI is InChI=1S/C16H24N2O3.ClH/c17-15(13-4-2-1-3-5-13)12-18-16(19)8-11-21-14-6-9-20-10-7-14;/h1-5,14-15H,6-12,17H2,(H,18,19);1H. The van der Waals surface area contributed by atoms with Crippen LogP contribution in [0.3, 0.4) is 0 Å². The Labute approximate surface area is 138 Å². The second-order valence-electron chi connectivity index (χ2n) is 5.25. The van der Waals surface area contributed by atoms with Gasteiger partial charge in [-0.15, -0.1) is 12.4 Å². The van der Waals surface area contributed by atoms with Gasteiger partial charge in [0.15, 0.2) is 0 Å². The molecule has 0 radical (unpaired) electrons. The van der Waals surface area contributed by atoms with Gasteiger partial charge in [0.1, 0.15) is 0 Å². The Bertz CT molecular complexity index is 425. The summed E-state index contributed by atoms with van der Waals surface area (Å²) in [5, 5.41) is 2.85. The van der Waals surface area contributed by atoms with Crippen molar-refractivity contribution in [3.05, 3.63) is 35.9 Å². The monoisotopic (exact) mass is 328 g/mol. The van der Waals surface area contributed by atoms with Gasteiger partial charge in [-0.1, -0.05) is 30.3 Å². The lowest BCUT2D eigenvalue weighted by Crippen LogP contribution is -2.33. The number of hydrogen-bond donors (Lipinski definition) is 2. The molecule has 124 valence electrons. The molecule has 1 saturated heterocycles. The van der Waals surface area contributed by atoms with Gasteiger partial charge in [-0.25, -0.2) is 0 Å². The van der Waals surface area contributed by atoms with E-state index in [1.165, 1.54) is 0 Å². The van der Waals surface area contributed by atoms with Gasteiger partial charge in [-0.3, -0.25) is 4.79 Å². The average molecular weight is 329 g/mol. The Balaban J connectivity index is 0.00000242. The minimum absolute atomic E-state index is 0. The summed E-state index contributed by atoms with van der Waals surface area (Å²) in [7, 11) is 0. The van der Waals surface area contributed by atoms with Crippen molar-refractivity contribution in [2.45, 2.75) is 31.4 Å². The van der Waals surface area contributed by atoms with Crippen LogP contribution in [0.2, 0.25) is 0 Å². The van der Waals surface area contributed by atoms with Gasteiger partial charge in [-0.2, -0.15) is 0 Å². The first-order valence-corrected chi connectivity index (χ1v) is 7.52. The summed E-state index contributed by atoms with van der Waals surface area (Å²) in [5.74, 6) is -0.0200. The molecule has 1 amide bonds. The fourth-order valence-corrected chi connectivity index (χ4v) is 2.29. The van der Waals surface area contributed by atoms with Crippen molar-refractivity contribution in [1.82, 2.24) is 5.32 Å². The number of benzene rings is 1. The number of carbonyl (C=O) groups excluding carboxylic acids is 1. The molecule has 1 aromatic carbocycles. The Hall–Kier alpha value is -1.14. The van der Waals surface area contributed by atoms with Crippen molar-refractivity contribution in [1.29, 1.82) is 0 Å². The van der Waals surface area contributed by atoms with E-state index in [1.807, 2.05) is 30.3 Å². The van der Waals surface area contributed by atoms with E-state index >= 15 is 0 Å². The summed E-state index contributed by atoms with van der Waals surface area (Å²) in [4.78, 5) is 11.7. The Morgan fingerprint density at radius 2 is 2.00 bits per heavy atom. The van der Waals surface area contributed by atoms with Crippen LogP contribution in [0.4, 0.5) is 0 Å². The minimum atomic E-state index is -0.174. The van der Waals surface area contributed by atoms with Crippen molar-refractivity contribution in [2.75, 3.05) is 26.4 Å². The average Bonchev–Trinajstić information content (AvgIpc) is 2.54. The smallest absolute Gasteiger partial charge is 0.222 e. The molecule has 22 heavy (non-hydrogen) atoms. The number of rotatable bonds is 7. The topological polar surface area (TPSA) is 73.6 Å². The lowest BCUT2D eigenvalue weighted by molar-refractivity contribution is -0.123. The Morgan fingerprint density at radius 1 is 1.32 bits per heavy atom. The molecule has 1 atom stereocenters. The van der Waals surface area contributed by atoms with Crippen LogP contribution in [0.1, 0.15) is 30.9 Å². The number of carbonyl (C=O) groups is 1. The molecule has 3 N–H and O–H groups in total. The third kappa shape index (κ3) is 6.75. The first kappa shape index (κ1) is 18.9. The highest BCUT2D eigenvalue weighted by molar-refractivity contribution is 5.85. The van der Waals surface area contributed by atoms with E-state index in [0.717, 1.165) is 31.6 Å². The molecule has 0 bridgehead atoms. The van der Waals surface area contributed by atoms with Crippen LogP contribution in [0.5, 0.6) is 0 Å². The Kier molecular flexibility index (Phi) is 9.08. The molecule has 0 spiro atoms. The van der Waals surface area contributed by atoms with Gasteiger partial charge in [-0.05, 0) is 18.4 Å². The summed E-state index contributed by atoms with van der Waals surface area (Å²) in [6.07, 6.45) is 2.44. The summed E-state index contributed by atoms with van der Waals surface area (Å²) < 4.78 is 10.9. The van der Waals surface area contributed by atoms with Crippen LogP contribution in [-0.4, -0.2) is 38.4 Å². The molecule has 0 saturated carbocycles. The van der Waals surface area contributed by atoms with Crippen molar-refractivity contribution >= 4 is 18.3 Å². The van der Waals surface area contributed by atoms with Crippen LogP contribution >= 0.6 is 12.4 Å². The highest BCUT2D eigenvalue weighted by atomic mass is 35.5. The molecule has 2 rings (SSSR count). The quantitative estimate of drug-likeness (QED) is 0.800. The number of hydrogen-bond acceptors (Lipinski definition) is 4. The molecule has 6 heteroatoms. The zero-order valence-electron chi connectivity index (χ0n) is 12.7. The van der Waals surface area contributed by atoms with E-state index in [-0.39, 0.29) is 30.5 Å². The van der Waals surface area contributed by atoms with E-state index in [9.17, 15) is 4.79 Å². The number of nitrogens with one attached hydrogen (secondary N) is 1. The molecule has 5 nitrogen and oxygen atoms in total. The van der Waals surface area contributed by atoms with E-state index in [1.54, 1.807) is 0 Å². The van der Waals surface area contributed by atoms with Gasteiger partial charge in [0.25, 0.3) is 0 Å². The Morgan fingerprint density at radius 3 is 2.68 bits per heavy atom. The molecule has 1 aliphatic heterocycles.